The van der Waals surface area contributed by atoms with Crippen LogP contribution in [0.1, 0.15) is 50.7 Å². The first-order valence-electron chi connectivity index (χ1n) is 11.1. The van der Waals surface area contributed by atoms with Crippen molar-refractivity contribution in [2.24, 2.45) is 5.92 Å². The van der Waals surface area contributed by atoms with Crippen LogP contribution in [0.3, 0.4) is 0 Å². The van der Waals surface area contributed by atoms with E-state index < -0.39 is 16.9 Å². The lowest BCUT2D eigenvalue weighted by Crippen LogP contribution is -2.47. The van der Waals surface area contributed by atoms with Crippen LogP contribution in [0.5, 0.6) is 0 Å². The fourth-order valence-electron chi connectivity index (χ4n) is 3.31. The number of carbonyl (C=O) groups is 1. The second kappa shape index (κ2) is 10.1. The van der Waals surface area contributed by atoms with E-state index in [0.29, 0.717) is 11.5 Å². The minimum absolute atomic E-state index is 0.0216. The molecule has 3 heterocycles. The fraction of sp³-hybridized carbons (Fsp3) is 0.375. The third-order valence-electron chi connectivity index (χ3n) is 5.99. The summed E-state index contributed by atoms with van der Waals surface area (Å²) >= 11 is 0. The van der Waals surface area contributed by atoms with Crippen LogP contribution in [0.2, 0.25) is 0 Å². The minimum atomic E-state index is -0.821. The maximum atomic E-state index is 12.8. The van der Waals surface area contributed by atoms with E-state index in [9.17, 15) is 9.90 Å². The summed E-state index contributed by atoms with van der Waals surface area (Å²) in [4.78, 5) is 33.7. The summed E-state index contributed by atoms with van der Waals surface area (Å²) in [5.74, 6) is 0.0762. The topological polar surface area (TPSA) is 176 Å². The predicted molar refractivity (Wildman–Crippen MR) is 134 cm³/mol. The highest BCUT2D eigenvalue weighted by Crippen LogP contribution is 2.33. The van der Waals surface area contributed by atoms with Gasteiger partial charge in [0.25, 0.3) is 5.91 Å². The van der Waals surface area contributed by atoms with Crippen molar-refractivity contribution in [1.29, 1.82) is 5.41 Å². The average molecular weight is 478 g/mol. The highest BCUT2D eigenvalue weighted by molar-refractivity contribution is 6.07. The molecule has 1 unspecified atom stereocenters. The molecular weight excluding hydrogens is 446 g/mol. The van der Waals surface area contributed by atoms with Gasteiger partial charge in [0, 0.05) is 24.2 Å². The molecule has 0 aliphatic heterocycles. The van der Waals surface area contributed by atoms with Gasteiger partial charge in [-0.3, -0.25) is 15.2 Å². The Hall–Kier alpha value is -3.99. The van der Waals surface area contributed by atoms with Gasteiger partial charge in [-0.15, -0.1) is 0 Å². The average Bonchev–Trinajstić information content (AvgIpc) is 2.84. The van der Waals surface area contributed by atoms with E-state index >= 15 is 0 Å². The molecule has 11 heteroatoms. The van der Waals surface area contributed by atoms with E-state index in [-0.39, 0.29) is 30.0 Å². The van der Waals surface area contributed by atoms with Gasteiger partial charge in [0.15, 0.2) is 0 Å². The fourth-order valence-corrected chi connectivity index (χ4v) is 3.31. The van der Waals surface area contributed by atoms with Gasteiger partial charge in [-0.25, -0.2) is 19.9 Å². The van der Waals surface area contributed by atoms with E-state index in [1.807, 2.05) is 46.8 Å². The zero-order valence-corrected chi connectivity index (χ0v) is 20.5. The van der Waals surface area contributed by atoms with Crippen LogP contribution in [0.25, 0.3) is 11.3 Å². The van der Waals surface area contributed by atoms with Crippen LogP contribution in [0.4, 0.5) is 11.8 Å². The smallest absolute Gasteiger partial charge is 0.276 e. The number of nitrogens with one attached hydrogen (secondary N) is 3. The van der Waals surface area contributed by atoms with Crippen LogP contribution in [0.15, 0.2) is 43.1 Å². The number of pyridine rings is 1. The number of nitrogens with two attached hydrogens (primary N) is 1. The van der Waals surface area contributed by atoms with Gasteiger partial charge in [0.2, 0.25) is 5.95 Å². The molecule has 0 radical (unpaired) electrons. The summed E-state index contributed by atoms with van der Waals surface area (Å²) in [6.45, 7) is 9.38. The van der Waals surface area contributed by atoms with E-state index in [2.05, 4.69) is 35.6 Å². The Morgan fingerprint density at radius 1 is 1.03 bits per heavy atom. The first-order valence-corrected chi connectivity index (χ1v) is 11.1. The molecule has 3 aromatic heterocycles. The van der Waals surface area contributed by atoms with Crippen molar-refractivity contribution in [3.63, 3.8) is 0 Å². The molecule has 0 aromatic carbocycles. The molecule has 3 rings (SSSR count). The van der Waals surface area contributed by atoms with Crippen LogP contribution >= 0.6 is 0 Å². The summed E-state index contributed by atoms with van der Waals surface area (Å²) in [6.07, 6.45) is 7.63. The van der Waals surface area contributed by atoms with Crippen molar-refractivity contribution < 1.29 is 9.90 Å². The molecule has 6 N–H and O–H groups in total. The zero-order chi connectivity index (χ0) is 25.8. The summed E-state index contributed by atoms with van der Waals surface area (Å²) in [6, 6.07) is 3.70. The highest BCUT2D eigenvalue weighted by Gasteiger charge is 2.37. The normalized spacial score (nSPS) is 13.2. The molecule has 1 atom stereocenters. The summed E-state index contributed by atoms with van der Waals surface area (Å²) in [5, 5.41) is 23.8. The number of aliphatic hydroxyl groups is 1. The van der Waals surface area contributed by atoms with Crippen molar-refractivity contribution in [2.45, 2.75) is 45.6 Å². The quantitative estimate of drug-likeness (QED) is 0.241. The maximum Gasteiger partial charge on any atom is 0.276 e. The Kier molecular flexibility index (Phi) is 7.39. The van der Waals surface area contributed by atoms with Gasteiger partial charge in [-0.2, -0.15) is 0 Å². The van der Waals surface area contributed by atoms with Gasteiger partial charge >= 0.3 is 0 Å². The number of amidine groups is 1. The van der Waals surface area contributed by atoms with Gasteiger partial charge in [0.1, 0.15) is 17.3 Å². The lowest BCUT2D eigenvalue weighted by atomic mass is 9.72. The molecular formula is C24H31N9O2. The maximum absolute atomic E-state index is 12.8. The second-order valence-electron chi connectivity index (χ2n) is 9.40. The molecule has 3 aromatic rings. The molecule has 35 heavy (non-hydrogen) atoms. The Labute approximate surface area is 204 Å². The molecule has 184 valence electrons. The van der Waals surface area contributed by atoms with Crippen molar-refractivity contribution >= 4 is 23.5 Å². The molecule has 0 aliphatic carbocycles. The van der Waals surface area contributed by atoms with Crippen molar-refractivity contribution in [3.05, 3.63) is 54.4 Å². The Morgan fingerprint density at radius 2 is 1.71 bits per heavy atom. The van der Waals surface area contributed by atoms with Crippen molar-refractivity contribution in [1.82, 2.24) is 30.2 Å². The van der Waals surface area contributed by atoms with Gasteiger partial charge in [-0.05, 0) is 38.3 Å². The summed E-state index contributed by atoms with van der Waals surface area (Å²) < 4.78 is 0. The van der Waals surface area contributed by atoms with Gasteiger partial charge in [-0.1, -0.05) is 19.9 Å². The number of aromatic nitrogens is 5. The van der Waals surface area contributed by atoms with Gasteiger partial charge in [0.05, 0.1) is 35.6 Å². The van der Waals surface area contributed by atoms with E-state index in [1.54, 1.807) is 18.6 Å². The van der Waals surface area contributed by atoms with E-state index in [4.69, 9.17) is 11.1 Å². The Bertz CT molecular complexity index is 1180. The Morgan fingerprint density at radius 3 is 2.23 bits per heavy atom. The summed E-state index contributed by atoms with van der Waals surface area (Å²) in [5.41, 5.74) is 6.39. The number of hydrogen-bond acceptors (Lipinski definition) is 10. The third kappa shape index (κ3) is 5.75. The predicted octanol–water partition coefficient (Wildman–Crippen LogP) is 2.41. The molecule has 0 fully saturated rings. The SMILES string of the molecule is CC(C)C(C)(C(=N)NC(=O)c1cnc(NC(C)(C)CO)cn1)c1ccc(-c2cnc(N)nc2)nc1. The number of nitrogens with zero attached hydrogens (tertiary/aromatic N) is 5. The number of hydrogen-bond donors (Lipinski definition) is 5. The van der Waals surface area contributed by atoms with Crippen molar-refractivity contribution in [2.75, 3.05) is 17.7 Å². The van der Waals surface area contributed by atoms with Crippen molar-refractivity contribution in [3.8, 4) is 11.3 Å². The van der Waals surface area contributed by atoms with Crippen LogP contribution in [0, 0.1) is 11.3 Å². The van der Waals surface area contributed by atoms with Crippen LogP contribution in [-0.2, 0) is 5.41 Å². The third-order valence-corrected chi connectivity index (χ3v) is 5.99. The number of carbonyl (C=O) groups excluding carboxylic acids is 1. The number of nitrogen functional groups attached to an aromatic ring is 1. The molecule has 0 spiro atoms. The Balaban J connectivity index is 1.77. The molecule has 1 amide bonds. The molecule has 0 bridgehead atoms. The largest absolute Gasteiger partial charge is 0.394 e. The number of amides is 1. The summed E-state index contributed by atoms with van der Waals surface area (Å²) in [7, 11) is 0. The first-order chi connectivity index (χ1) is 16.5. The molecule has 0 saturated heterocycles. The zero-order valence-electron chi connectivity index (χ0n) is 20.5. The second-order valence-corrected chi connectivity index (χ2v) is 9.40. The molecule has 0 aliphatic rings. The van der Waals surface area contributed by atoms with E-state index in [0.717, 1.165) is 11.1 Å². The highest BCUT2D eigenvalue weighted by atomic mass is 16.3. The number of rotatable bonds is 8. The number of aliphatic hydroxyl groups excluding tert-OH is 1. The first kappa shape index (κ1) is 25.6. The van der Waals surface area contributed by atoms with Crippen LogP contribution in [-0.4, -0.2) is 53.9 Å². The molecule has 0 saturated carbocycles. The van der Waals surface area contributed by atoms with E-state index in [1.165, 1.54) is 12.4 Å². The number of anilines is 2. The van der Waals surface area contributed by atoms with Crippen LogP contribution < -0.4 is 16.4 Å². The van der Waals surface area contributed by atoms with Gasteiger partial charge < -0.3 is 21.5 Å². The monoisotopic (exact) mass is 477 g/mol. The lowest BCUT2D eigenvalue weighted by molar-refractivity contribution is 0.0968. The lowest BCUT2D eigenvalue weighted by Gasteiger charge is -2.34. The molecule has 11 nitrogen and oxygen atoms in total. The minimum Gasteiger partial charge on any atom is -0.394 e. The standard InChI is InChI=1S/C24H31N9O2/c1-14(2)24(5,16-6-7-17(27-10-16)15-8-30-22(26)31-9-15)21(25)32-20(35)18-11-29-19(12-28-18)33-23(3,4)13-34/h6-12,14,34H,13H2,1-5H3,(H,29,33)(H2,25,32,35)(H2,26,30,31).